The highest BCUT2D eigenvalue weighted by atomic mass is 16.4. The van der Waals surface area contributed by atoms with Gasteiger partial charge in [0.2, 0.25) is 5.91 Å². The second-order valence-corrected chi connectivity index (χ2v) is 5.80. The smallest absolute Gasteiger partial charge is 0.408 e. The Morgan fingerprint density at radius 1 is 1.33 bits per heavy atom. The number of oxazole rings is 1. The molecule has 6 nitrogen and oxygen atoms in total. The molecule has 112 valence electrons. The molecular weight excluding hydrogens is 272 g/mol. The van der Waals surface area contributed by atoms with E-state index in [2.05, 4.69) is 0 Å². The van der Waals surface area contributed by atoms with E-state index in [1.807, 2.05) is 0 Å². The summed E-state index contributed by atoms with van der Waals surface area (Å²) < 4.78 is 6.47. The first kappa shape index (κ1) is 13.9. The molecule has 1 N–H and O–H groups in total. The van der Waals surface area contributed by atoms with Gasteiger partial charge in [0.15, 0.2) is 5.58 Å². The number of aliphatic hydroxyl groups is 1. The van der Waals surface area contributed by atoms with Gasteiger partial charge < -0.3 is 14.4 Å². The van der Waals surface area contributed by atoms with Gasteiger partial charge in [-0.15, -0.1) is 0 Å². The Labute approximate surface area is 121 Å². The molecule has 1 aromatic heterocycles. The van der Waals surface area contributed by atoms with Crippen molar-refractivity contribution in [3.63, 3.8) is 0 Å². The van der Waals surface area contributed by atoms with Crippen molar-refractivity contribution in [2.24, 2.45) is 0 Å². The molecule has 1 fully saturated rings. The van der Waals surface area contributed by atoms with Gasteiger partial charge in [0.1, 0.15) is 6.54 Å². The number of hydrogen-bond donors (Lipinski definition) is 1. The SMILES string of the molecule is CC1(O)CCN(C(=O)Cn2c(=O)oc3ccccc32)CC1. The lowest BCUT2D eigenvalue weighted by atomic mass is 9.94. The maximum atomic E-state index is 12.3. The van der Waals surface area contributed by atoms with Gasteiger partial charge in [-0.1, -0.05) is 12.1 Å². The van der Waals surface area contributed by atoms with E-state index in [1.165, 1.54) is 4.57 Å². The lowest BCUT2D eigenvalue weighted by molar-refractivity contribution is -0.135. The van der Waals surface area contributed by atoms with Crippen molar-refractivity contribution in [3.8, 4) is 0 Å². The van der Waals surface area contributed by atoms with Crippen LogP contribution in [0.15, 0.2) is 33.5 Å². The molecule has 3 rings (SSSR count). The van der Waals surface area contributed by atoms with Gasteiger partial charge in [0, 0.05) is 13.1 Å². The molecule has 0 aliphatic carbocycles. The number of likely N-dealkylation sites (tertiary alicyclic amines) is 1. The maximum Gasteiger partial charge on any atom is 0.420 e. The number of amides is 1. The summed E-state index contributed by atoms with van der Waals surface area (Å²) in [4.78, 5) is 25.8. The second-order valence-electron chi connectivity index (χ2n) is 5.80. The van der Waals surface area contributed by atoms with Crippen molar-refractivity contribution >= 4 is 17.0 Å². The summed E-state index contributed by atoms with van der Waals surface area (Å²) in [5.41, 5.74) is 0.410. The third-order valence-corrected chi connectivity index (χ3v) is 4.06. The molecule has 1 saturated heterocycles. The van der Waals surface area contributed by atoms with E-state index in [4.69, 9.17) is 4.42 Å². The van der Waals surface area contributed by atoms with E-state index in [9.17, 15) is 14.7 Å². The summed E-state index contributed by atoms with van der Waals surface area (Å²) >= 11 is 0. The quantitative estimate of drug-likeness (QED) is 0.894. The predicted molar refractivity (Wildman–Crippen MR) is 76.9 cm³/mol. The first-order valence-electron chi connectivity index (χ1n) is 7.05. The standard InChI is InChI=1S/C15H18N2O4/c1-15(20)6-8-16(9-7-15)13(18)10-17-11-4-2-3-5-12(11)21-14(17)19/h2-5,20H,6-10H2,1H3. The number of hydrogen-bond acceptors (Lipinski definition) is 4. The first-order chi connectivity index (χ1) is 9.96. The summed E-state index contributed by atoms with van der Waals surface area (Å²) in [6, 6.07) is 7.05. The highest BCUT2D eigenvalue weighted by Gasteiger charge is 2.29. The molecule has 2 heterocycles. The van der Waals surface area contributed by atoms with Crippen LogP contribution in [0.5, 0.6) is 0 Å². The van der Waals surface area contributed by atoms with E-state index in [0.29, 0.717) is 37.0 Å². The van der Waals surface area contributed by atoms with Crippen LogP contribution in [0.4, 0.5) is 0 Å². The molecule has 1 amide bonds. The number of para-hydroxylation sites is 2. The average molecular weight is 290 g/mol. The Morgan fingerprint density at radius 2 is 2.00 bits per heavy atom. The van der Waals surface area contributed by atoms with E-state index in [-0.39, 0.29) is 12.5 Å². The number of nitrogens with zero attached hydrogens (tertiary/aromatic N) is 2. The van der Waals surface area contributed by atoms with E-state index < -0.39 is 11.4 Å². The Bertz CT molecular complexity index is 719. The number of carbonyl (C=O) groups is 1. The molecule has 21 heavy (non-hydrogen) atoms. The second kappa shape index (κ2) is 5.04. The minimum Gasteiger partial charge on any atom is -0.408 e. The van der Waals surface area contributed by atoms with Crippen LogP contribution in [0, 0.1) is 0 Å². The minimum absolute atomic E-state index is 0.0298. The Balaban J connectivity index is 1.78. The van der Waals surface area contributed by atoms with Gasteiger partial charge in [0.05, 0.1) is 11.1 Å². The molecule has 0 atom stereocenters. The van der Waals surface area contributed by atoms with Gasteiger partial charge in [-0.25, -0.2) is 4.79 Å². The molecular formula is C15H18N2O4. The minimum atomic E-state index is -0.698. The zero-order valence-electron chi connectivity index (χ0n) is 11.9. The molecule has 0 saturated carbocycles. The van der Waals surface area contributed by atoms with Crippen molar-refractivity contribution in [2.75, 3.05) is 13.1 Å². The maximum absolute atomic E-state index is 12.3. The van der Waals surface area contributed by atoms with Crippen LogP contribution in [0.2, 0.25) is 0 Å². The Kier molecular flexibility index (Phi) is 3.33. The largest absolute Gasteiger partial charge is 0.420 e. The van der Waals surface area contributed by atoms with Crippen molar-refractivity contribution in [2.45, 2.75) is 31.9 Å². The van der Waals surface area contributed by atoms with Gasteiger partial charge in [-0.2, -0.15) is 0 Å². The van der Waals surface area contributed by atoms with Crippen LogP contribution < -0.4 is 5.76 Å². The highest BCUT2D eigenvalue weighted by molar-refractivity contribution is 5.79. The van der Waals surface area contributed by atoms with E-state index >= 15 is 0 Å². The molecule has 6 heteroatoms. The topological polar surface area (TPSA) is 75.7 Å². The molecule has 1 aliphatic rings. The molecule has 1 aromatic carbocycles. The summed E-state index contributed by atoms with van der Waals surface area (Å²) in [6.07, 6.45) is 1.11. The summed E-state index contributed by atoms with van der Waals surface area (Å²) in [5.74, 6) is -0.646. The molecule has 0 spiro atoms. The van der Waals surface area contributed by atoms with Crippen molar-refractivity contribution in [3.05, 3.63) is 34.8 Å². The fourth-order valence-electron chi connectivity index (χ4n) is 2.64. The monoisotopic (exact) mass is 290 g/mol. The first-order valence-corrected chi connectivity index (χ1v) is 7.05. The van der Waals surface area contributed by atoms with Crippen molar-refractivity contribution in [1.29, 1.82) is 0 Å². The van der Waals surface area contributed by atoms with Gasteiger partial charge in [-0.3, -0.25) is 9.36 Å². The van der Waals surface area contributed by atoms with Crippen LogP contribution >= 0.6 is 0 Å². The van der Waals surface area contributed by atoms with Crippen LogP contribution in [0.1, 0.15) is 19.8 Å². The van der Waals surface area contributed by atoms with Crippen LogP contribution in [0.3, 0.4) is 0 Å². The summed E-state index contributed by atoms with van der Waals surface area (Å²) in [6.45, 7) is 2.77. The van der Waals surface area contributed by atoms with Crippen LogP contribution in [-0.4, -0.2) is 39.2 Å². The number of fused-ring (bicyclic) bond motifs is 1. The van der Waals surface area contributed by atoms with Crippen molar-refractivity contribution in [1.82, 2.24) is 9.47 Å². The summed E-state index contributed by atoms with van der Waals surface area (Å²) in [7, 11) is 0. The third-order valence-electron chi connectivity index (χ3n) is 4.06. The zero-order chi connectivity index (χ0) is 15.0. The molecule has 1 aliphatic heterocycles. The fourth-order valence-corrected chi connectivity index (χ4v) is 2.64. The number of aromatic nitrogens is 1. The van der Waals surface area contributed by atoms with E-state index in [0.717, 1.165) is 0 Å². The Morgan fingerprint density at radius 3 is 2.71 bits per heavy atom. The van der Waals surface area contributed by atoms with Gasteiger partial charge >= 0.3 is 5.76 Å². The molecule has 2 aromatic rings. The van der Waals surface area contributed by atoms with Crippen LogP contribution in [0.25, 0.3) is 11.1 Å². The fraction of sp³-hybridized carbons (Fsp3) is 0.467. The number of piperidine rings is 1. The number of carbonyl (C=O) groups excluding carboxylic acids is 1. The third kappa shape index (κ3) is 2.71. The number of benzene rings is 1. The molecule has 0 unspecified atom stereocenters. The Hall–Kier alpha value is -2.08. The van der Waals surface area contributed by atoms with Crippen molar-refractivity contribution < 1.29 is 14.3 Å². The lowest BCUT2D eigenvalue weighted by Gasteiger charge is -2.35. The summed E-state index contributed by atoms with van der Waals surface area (Å²) in [5, 5.41) is 9.91. The normalized spacial score (nSPS) is 18.1. The molecule has 0 radical (unpaired) electrons. The average Bonchev–Trinajstić information content (AvgIpc) is 2.75. The van der Waals surface area contributed by atoms with Gasteiger partial charge in [0.25, 0.3) is 0 Å². The molecule has 0 bridgehead atoms. The van der Waals surface area contributed by atoms with E-state index in [1.54, 1.807) is 36.1 Å². The predicted octanol–water partition coefficient (Wildman–Crippen LogP) is 0.968. The van der Waals surface area contributed by atoms with Gasteiger partial charge in [-0.05, 0) is 31.9 Å². The lowest BCUT2D eigenvalue weighted by Crippen LogP contribution is -2.46. The zero-order valence-corrected chi connectivity index (χ0v) is 11.9. The highest BCUT2D eigenvalue weighted by Crippen LogP contribution is 2.21. The number of rotatable bonds is 2. The van der Waals surface area contributed by atoms with Crippen LogP contribution in [-0.2, 0) is 11.3 Å².